The molecule has 15 heavy (non-hydrogen) atoms. The lowest BCUT2D eigenvalue weighted by Gasteiger charge is -2.10. The van der Waals surface area contributed by atoms with E-state index in [1.54, 1.807) is 0 Å². The number of hydrogen-bond acceptors (Lipinski definition) is 2. The van der Waals surface area contributed by atoms with Gasteiger partial charge in [0.1, 0.15) is 10.7 Å². The number of aryl methyl sites for hydroxylation is 1. The monoisotopic (exact) mass is 223 g/mol. The van der Waals surface area contributed by atoms with Crippen molar-refractivity contribution in [2.75, 3.05) is 0 Å². The van der Waals surface area contributed by atoms with Crippen molar-refractivity contribution >= 4 is 10.7 Å². The summed E-state index contributed by atoms with van der Waals surface area (Å²) in [5.41, 5.74) is 3.32. The molecule has 1 aliphatic rings. The Morgan fingerprint density at radius 1 is 1.47 bits per heavy atom. The molecule has 1 saturated carbocycles. The van der Waals surface area contributed by atoms with Crippen LogP contribution < -0.4 is 0 Å². The summed E-state index contributed by atoms with van der Waals surface area (Å²) in [5, 5.41) is 0. The molecule has 3 heteroatoms. The van der Waals surface area contributed by atoms with Crippen molar-refractivity contribution in [1.29, 1.82) is 0 Å². The van der Waals surface area contributed by atoms with Gasteiger partial charge in [-0.1, -0.05) is 19.1 Å². The van der Waals surface area contributed by atoms with Gasteiger partial charge in [0, 0.05) is 0 Å². The molecule has 0 unspecified atom stereocenters. The Kier molecular flexibility index (Phi) is 3.10. The predicted molar refractivity (Wildman–Crippen MR) is 60.6 cm³/mol. The van der Waals surface area contributed by atoms with Crippen LogP contribution in [0, 0.1) is 6.07 Å². The molecule has 2 rings (SSSR count). The fourth-order valence-corrected chi connectivity index (χ4v) is 2.63. The van der Waals surface area contributed by atoms with Crippen molar-refractivity contribution in [2.24, 2.45) is 0 Å². The van der Waals surface area contributed by atoms with E-state index in [-0.39, 0.29) is 5.75 Å². The first-order valence-electron chi connectivity index (χ1n) is 5.36. The molecule has 0 heterocycles. The van der Waals surface area contributed by atoms with E-state index in [4.69, 9.17) is 0 Å². The van der Waals surface area contributed by atoms with E-state index in [1.807, 2.05) is 19.1 Å². The van der Waals surface area contributed by atoms with Crippen LogP contribution in [0.3, 0.4) is 0 Å². The summed E-state index contributed by atoms with van der Waals surface area (Å²) >= 11 is 0. The summed E-state index contributed by atoms with van der Waals surface area (Å²) in [6.45, 7) is 2.05. The highest BCUT2D eigenvalue weighted by Crippen LogP contribution is 2.42. The third-order valence-corrected chi connectivity index (χ3v) is 3.47. The fourth-order valence-electron chi connectivity index (χ4n) is 2.00. The van der Waals surface area contributed by atoms with E-state index in [1.165, 1.54) is 18.4 Å². The lowest BCUT2D eigenvalue weighted by atomic mass is 9.97. The highest BCUT2D eigenvalue weighted by Gasteiger charge is 2.26. The molecular formula is C12H15O2S. The number of benzene rings is 1. The van der Waals surface area contributed by atoms with Gasteiger partial charge in [-0.3, -0.25) is 0 Å². The van der Waals surface area contributed by atoms with E-state index in [9.17, 15) is 8.42 Å². The largest absolute Gasteiger partial charge is 0.232 e. The number of thiol groups is 1. The minimum atomic E-state index is -2.33. The zero-order valence-corrected chi connectivity index (χ0v) is 9.72. The van der Waals surface area contributed by atoms with Crippen LogP contribution in [0.25, 0.3) is 0 Å². The molecule has 0 saturated heterocycles. The van der Waals surface area contributed by atoms with Gasteiger partial charge in [0.2, 0.25) is 0 Å². The number of hydrogen-bond donors (Lipinski definition) is 1. The van der Waals surface area contributed by atoms with E-state index in [0.717, 1.165) is 17.5 Å². The Balaban J connectivity index is 2.43. The fraction of sp³-hybridized carbons (Fsp3) is 0.500. The zero-order valence-electron chi connectivity index (χ0n) is 8.82. The zero-order chi connectivity index (χ0) is 10.8. The molecule has 0 bridgehead atoms. The van der Waals surface area contributed by atoms with Crippen LogP contribution in [0.1, 0.15) is 42.4 Å². The maximum atomic E-state index is 10.9. The molecule has 81 valence electrons. The van der Waals surface area contributed by atoms with Crippen LogP contribution in [0.4, 0.5) is 0 Å². The second kappa shape index (κ2) is 4.35. The van der Waals surface area contributed by atoms with Crippen molar-refractivity contribution < 1.29 is 8.42 Å². The SMILES string of the molecule is CCc1[c]ccc(C2CC2)c1C[SH](=O)=O. The van der Waals surface area contributed by atoms with Crippen LogP contribution in [0.5, 0.6) is 0 Å². The van der Waals surface area contributed by atoms with Gasteiger partial charge in [0.05, 0.1) is 5.75 Å². The molecule has 1 radical (unpaired) electrons. The summed E-state index contributed by atoms with van der Waals surface area (Å²) in [7, 11) is -2.33. The molecule has 0 aliphatic heterocycles. The van der Waals surface area contributed by atoms with Crippen molar-refractivity contribution in [2.45, 2.75) is 37.9 Å². The molecule has 1 fully saturated rings. The maximum absolute atomic E-state index is 10.9. The first-order valence-corrected chi connectivity index (χ1v) is 6.72. The van der Waals surface area contributed by atoms with E-state index >= 15 is 0 Å². The molecule has 0 aromatic heterocycles. The first kappa shape index (κ1) is 10.7. The van der Waals surface area contributed by atoms with Crippen molar-refractivity contribution in [1.82, 2.24) is 0 Å². The Labute approximate surface area is 92.3 Å². The second-order valence-corrected chi connectivity index (χ2v) is 4.99. The lowest BCUT2D eigenvalue weighted by Crippen LogP contribution is -2.00. The van der Waals surface area contributed by atoms with Gasteiger partial charge in [0.25, 0.3) is 0 Å². The van der Waals surface area contributed by atoms with Gasteiger partial charge in [-0.15, -0.1) is 0 Å². The molecule has 2 nitrogen and oxygen atoms in total. The van der Waals surface area contributed by atoms with Crippen LogP contribution in [-0.4, -0.2) is 8.42 Å². The minimum absolute atomic E-state index is 0.182. The first-order chi connectivity index (χ1) is 7.22. The average molecular weight is 223 g/mol. The van der Waals surface area contributed by atoms with Gasteiger partial charge < -0.3 is 0 Å². The normalized spacial score (nSPS) is 15.9. The molecular weight excluding hydrogens is 208 g/mol. The smallest absolute Gasteiger partial charge is 0.144 e. The van der Waals surface area contributed by atoms with Crippen molar-refractivity contribution in [3.63, 3.8) is 0 Å². The van der Waals surface area contributed by atoms with Gasteiger partial charge in [-0.2, -0.15) is 0 Å². The summed E-state index contributed by atoms with van der Waals surface area (Å²) in [6.07, 6.45) is 3.27. The summed E-state index contributed by atoms with van der Waals surface area (Å²) in [5.74, 6) is 0.789. The maximum Gasteiger partial charge on any atom is 0.144 e. The third-order valence-electron chi connectivity index (χ3n) is 2.89. The Morgan fingerprint density at radius 3 is 2.73 bits per heavy atom. The topological polar surface area (TPSA) is 34.1 Å². The molecule has 0 spiro atoms. The molecule has 0 atom stereocenters. The summed E-state index contributed by atoms with van der Waals surface area (Å²) in [6, 6.07) is 7.10. The van der Waals surface area contributed by atoms with Gasteiger partial charge in [0.15, 0.2) is 0 Å². The van der Waals surface area contributed by atoms with Crippen molar-refractivity contribution in [3.05, 3.63) is 34.9 Å². The van der Waals surface area contributed by atoms with Crippen LogP contribution in [-0.2, 0) is 22.9 Å². The van der Waals surface area contributed by atoms with Gasteiger partial charge >= 0.3 is 0 Å². The quantitative estimate of drug-likeness (QED) is 0.793. The van der Waals surface area contributed by atoms with Crippen LogP contribution >= 0.6 is 0 Å². The second-order valence-electron chi connectivity index (χ2n) is 4.01. The van der Waals surface area contributed by atoms with Crippen LogP contribution in [0.15, 0.2) is 12.1 Å². The van der Waals surface area contributed by atoms with Crippen LogP contribution in [0.2, 0.25) is 0 Å². The van der Waals surface area contributed by atoms with E-state index < -0.39 is 10.7 Å². The lowest BCUT2D eigenvalue weighted by molar-refractivity contribution is 0.613. The Morgan fingerprint density at radius 2 is 2.20 bits per heavy atom. The van der Waals surface area contributed by atoms with E-state index in [0.29, 0.717) is 5.92 Å². The average Bonchev–Trinajstić information content (AvgIpc) is 3.01. The standard InChI is InChI=1S/C12H15O2S/c1-2-9-4-3-5-11(10-6-7-10)12(9)8-15(13)14/h3,5,10,15H,2,6-8H2,1H3. The summed E-state index contributed by atoms with van der Waals surface area (Å²) < 4.78 is 21.7. The highest BCUT2D eigenvalue weighted by molar-refractivity contribution is 7.71. The molecule has 1 aromatic rings. The Bertz CT molecular complexity index is 423. The Hall–Kier alpha value is -0.830. The molecule has 0 N–H and O–H groups in total. The number of rotatable bonds is 4. The minimum Gasteiger partial charge on any atom is -0.232 e. The molecule has 1 aliphatic carbocycles. The van der Waals surface area contributed by atoms with Gasteiger partial charge in [-0.25, -0.2) is 8.42 Å². The predicted octanol–water partition coefficient (Wildman–Crippen LogP) is 2.04. The highest BCUT2D eigenvalue weighted by atomic mass is 32.2. The van der Waals surface area contributed by atoms with Gasteiger partial charge in [-0.05, 0) is 47.9 Å². The third kappa shape index (κ3) is 2.40. The molecule has 0 amide bonds. The molecule has 1 aromatic carbocycles. The van der Waals surface area contributed by atoms with Crippen molar-refractivity contribution in [3.8, 4) is 0 Å². The summed E-state index contributed by atoms with van der Waals surface area (Å²) in [4.78, 5) is 0. The van der Waals surface area contributed by atoms with E-state index in [2.05, 4.69) is 6.07 Å².